The molecular formula is C20H21N3O5. The molecule has 0 spiro atoms. The number of methoxy groups -OCH3 is 1. The predicted octanol–water partition coefficient (Wildman–Crippen LogP) is 3.21. The van der Waals surface area contributed by atoms with Crippen molar-refractivity contribution in [2.24, 2.45) is 5.92 Å². The van der Waals surface area contributed by atoms with Crippen molar-refractivity contribution in [2.75, 3.05) is 23.9 Å². The van der Waals surface area contributed by atoms with E-state index in [9.17, 15) is 19.7 Å². The summed E-state index contributed by atoms with van der Waals surface area (Å²) in [7, 11) is 1.41. The number of ether oxygens (including phenoxy) is 1. The molecule has 1 saturated heterocycles. The highest BCUT2D eigenvalue weighted by Crippen LogP contribution is 2.32. The van der Waals surface area contributed by atoms with Crippen molar-refractivity contribution in [3.05, 3.63) is 57.6 Å². The first-order chi connectivity index (χ1) is 13.3. The van der Waals surface area contributed by atoms with E-state index in [2.05, 4.69) is 5.32 Å². The minimum atomic E-state index is -0.589. The minimum absolute atomic E-state index is 0.0587. The smallest absolute Gasteiger partial charge is 0.296 e. The molecule has 0 aliphatic carbocycles. The van der Waals surface area contributed by atoms with Crippen molar-refractivity contribution in [1.82, 2.24) is 0 Å². The molecule has 0 saturated carbocycles. The van der Waals surface area contributed by atoms with Crippen LogP contribution in [0.3, 0.4) is 0 Å². The van der Waals surface area contributed by atoms with Crippen LogP contribution >= 0.6 is 0 Å². The molecule has 146 valence electrons. The standard InChI is InChI=1S/C20H21N3O5/c1-12-4-5-13(2)17(8-12)22-11-14(9-19(22)24)20(25)21-16-7-6-15(28-3)10-18(16)23(26)27/h4-8,10,14H,9,11H2,1-3H3,(H,21,25). The number of carbonyl (C=O) groups is 2. The molecule has 2 amide bonds. The highest BCUT2D eigenvalue weighted by Gasteiger charge is 2.36. The maximum Gasteiger partial charge on any atom is 0.296 e. The van der Waals surface area contributed by atoms with Crippen LogP contribution in [-0.4, -0.2) is 30.4 Å². The van der Waals surface area contributed by atoms with Crippen LogP contribution < -0.4 is 15.0 Å². The molecule has 1 unspecified atom stereocenters. The molecule has 3 rings (SSSR count). The summed E-state index contributed by atoms with van der Waals surface area (Å²) in [6.07, 6.45) is 0.0587. The van der Waals surface area contributed by atoms with E-state index in [1.54, 1.807) is 4.90 Å². The summed E-state index contributed by atoms with van der Waals surface area (Å²) >= 11 is 0. The number of rotatable bonds is 5. The number of aryl methyl sites for hydroxylation is 2. The zero-order chi connectivity index (χ0) is 20.4. The third kappa shape index (κ3) is 3.80. The molecule has 1 aliphatic heterocycles. The maximum atomic E-state index is 12.7. The van der Waals surface area contributed by atoms with Crippen LogP contribution in [0, 0.1) is 29.9 Å². The van der Waals surface area contributed by atoms with Gasteiger partial charge in [0.05, 0.1) is 24.0 Å². The normalized spacial score (nSPS) is 16.2. The van der Waals surface area contributed by atoms with Gasteiger partial charge < -0.3 is 15.0 Å². The highest BCUT2D eigenvalue weighted by atomic mass is 16.6. The summed E-state index contributed by atoms with van der Waals surface area (Å²) in [5.74, 6) is -0.830. The van der Waals surface area contributed by atoms with Gasteiger partial charge in [0, 0.05) is 18.7 Å². The second kappa shape index (κ2) is 7.67. The molecule has 2 aromatic carbocycles. The molecule has 0 bridgehead atoms. The quantitative estimate of drug-likeness (QED) is 0.631. The molecule has 2 aromatic rings. The lowest BCUT2D eigenvalue weighted by atomic mass is 10.1. The summed E-state index contributed by atoms with van der Waals surface area (Å²) in [6, 6.07) is 10.0. The van der Waals surface area contributed by atoms with Crippen LogP contribution in [-0.2, 0) is 9.59 Å². The number of amides is 2. The molecule has 8 nitrogen and oxygen atoms in total. The number of nitrogens with zero attached hydrogens (tertiary/aromatic N) is 2. The number of nitro benzene ring substituents is 1. The molecule has 1 fully saturated rings. The van der Waals surface area contributed by atoms with Crippen LogP contribution in [0.5, 0.6) is 5.75 Å². The van der Waals surface area contributed by atoms with Gasteiger partial charge in [-0.1, -0.05) is 12.1 Å². The van der Waals surface area contributed by atoms with E-state index in [0.29, 0.717) is 5.75 Å². The Morgan fingerprint density at radius 2 is 2.00 bits per heavy atom. The number of nitrogens with one attached hydrogen (secondary N) is 1. The number of hydrogen-bond acceptors (Lipinski definition) is 5. The third-order valence-electron chi connectivity index (χ3n) is 4.81. The Bertz CT molecular complexity index is 957. The largest absolute Gasteiger partial charge is 0.496 e. The minimum Gasteiger partial charge on any atom is -0.496 e. The lowest BCUT2D eigenvalue weighted by Crippen LogP contribution is -2.28. The average Bonchev–Trinajstić information content (AvgIpc) is 3.05. The second-order valence-corrected chi connectivity index (χ2v) is 6.82. The second-order valence-electron chi connectivity index (χ2n) is 6.82. The summed E-state index contributed by atoms with van der Waals surface area (Å²) < 4.78 is 4.99. The van der Waals surface area contributed by atoms with Crippen molar-refractivity contribution in [2.45, 2.75) is 20.3 Å². The Hall–Kier alpha value is -3.42. The lowest BCUT2D eigenvalue weighted by molar-refractivity contribution is -0.384. The van der Waals surface area contributed by atoms with Gasteiger partial charge in [0.1, 0.15) is 11.4 Å². The Labute approximate surface area is 162 Å². The number of carbonyl (C=O) groups excluding carboxylic acids is 2. The van der Waals surface area contributed by atoms with Gasteiger partial charge in [-0.3, -0.25) is 19.7 Å². The average molecular weight is 383 g/mol. The van der Waals surface area contributed by atoms with Gasteiger partial charge in [0.25, 0.3) is 5.69 Å². The number of nitro groups is 1. The van der Waals surface area contributed by atoms with E-state index in [4.69, 9.17) is 4.74 Å². The van der Waals surface area contributed by atoms with Crippen molar-refractivity contribution < 1.29 is 19.2 Å². The van der Waals surface area contributed by atoms with Crippen molar-refractivity contribution >= 4 is 28.9 Å². The molecular weight excluding hydrogens is 362 g/mol. The van der Waals surface area contributed by atoms with Gasteiger partial charge in [0.15, 0.2) is 0 Å². The monoisotopic (exact) mass is 383 g/mol. The first-order valence-electron chi connectivity index (χ1n) is 8.81. The first-order valence-corrected chi connectivity index (χ1v) is 8.81. The van der Waals surface area contributed by atoms with Crippen LogP contribution in [0.4, 0.5) is 17.1 Å². The van der Waals surface area contributed by atoms with Crippen LogP contribution in [0.1, 0.15) is 17.5 Å². The summed E-state index contributed by atoms with van der Waals surface area (Å²) in [6.45, 7) is 4.09. The van der Waals surface area contributed by atoms with Gasteiger partial charge in [-0.05, 0) is 43.2 Å². The highest BCUT2D eigenvalue weighted by molar-refractivity contribution is 6.04. The van der Waals surface area contributed by atoms with Crippen molar-refractivity contribution in [1.29, 1.82) is 0 Å². The molecule has 1 aliphatic rings. The van der Waals surface area contributed by atoms with Gasteiger partial charge in [-0.15, -0.1) is 0 Å². The van der Waals surface area contributed by atoms with E-state index in [-0.39, 0.29) is 30.2 Å². The van der Waals surface area contributed by atoms with Crippen LogP contribution in [0.2, 0.25) is 0 Å². The maximum absolute atomic E-state index is 12.7. The Morgan fingerprint density at radius 1 is 1.25 bits per heavy atom. The van der Waals surface area contributed by atoms with E-state index >= 15 is 0 Å². The van der Waals surface area contributed by atoms with Gasteiger partial charge in [-0.2, -0.15) is 0 Å². The van der Waals surface area contributed by atoms with Gasteiger partial charge in [-0.25, -0.2) is 0 Å². The SMILES string of the molecule is COc1ccc(NC(=O)C2CC(=O)N(c3cc(C)ccc3C)C2)c([N+](=O)[O-])c1. The molecule has 1 heterocycles. The van der Waals surface area contributed by atoms with Gasteiger partial charge in [0.2, 0.25) is 11.8 Å². The molecule has 8 heteroatoms. The zero-order valence-corrected chi connectivity index (χ0v) is 15.9. The Kier molecular flexibility index (Phi) is 5.30. The van der Waals surface area contributed by atoms with Crippen LogP contribution in [0.25, 0.3) is 0 Å². The number of hydrogen-bond donors (Lipinski definition) is 1. The fourth-order valence-electron chi connectivity index (χ4n) is 3.26. The fraction of sp³-hybridized carbons (Fsp3) is 0.300. The zero-order valence-electron chi connectivity index (χ0n) is 15.9. The molecule has 0 radical (unpaired) electrons. The first kappa shape index (κ1) is 19.3. The predicted molar refractivity (Wildman–Crippen MR) is 105 cm³/mol. The molecule has 28 heavy (non-hydrogen) atoms. The summed E-state index contributed by atoms with van der Waals surface area (Å²) in [4.78, 5) is 37.5. The topological polar surface area (TPSA) is 102 Å². The van der Waals surface area contributed by atoms with E-state index in [1.807, 2.05) is 32.0 Å². The summed E-state index contributed by atoms with van der Waals surface area (Å²) in [5, 5.41) is 13.9. The lowest BCUT2D eigenvalue weighted by Gasteiger charge is -2.19. The van der Waals surface area contributed by atoms with E-state index in [0.717, 1.165) is 16.8 Å². The van der Waals surface area contributed by atoms with Crippen molar-refractivity contribution in [3.8, 4) is 5.75 Å². The Morgan fingerprint density at radius 3 is 2.68 bits per heavy atom. The van der Waals surface area contributed by atoms with E-state index < -0.39 is 16.7 Å². The number of anilines is 2. The van der Waals surface area contributed by atoms with Crippen LogP contribution in [0.15, 0.2) is 36.4 Å². The van der Waals surface area contributed by atoms with Gasteiger partial charge >= 0.3 is 0 Å². The molecule has 1 atom stereocenters. The third-order valence-corrected chi connectivity index (χ3v) is 4.81. The van der Waals surface area contributed by atoms with E-state index in [1.165, 1.54) is 25.3 Å². The van der Waals surface area contributed by atoms with Crippen molar-refractivity contribution in [3.63, 3.8) is 0 Å². The molecule has 1 N–H and O–H groups in total. The Balaban J connectivity index is 1.79. The summed E-state index contributed by atoms with van der Waals surface area (Å²) in [5.41, 5.74) is 2.58. The fourth-order valence-corrected chi connectivity index (χ4v) is 3.26. The number of benzene rings is 2. The molecule has 0 aromatic heterocycles.